The van der Waals surface area contributed by atoms with E-state index >= 15 is 0 Å². The van der Waals surface area contributed by atoms with Gasteiger partial charge in [-0.1, -0.05) is 188 Å². The van der Waals surface area contributed by atoms with Crippen LogP contribution in [0.1, 0.15) is 5.48 Å². The number of hydrogen-bond acceptors (Lipinski definition) is 2. The molecule has 0 aliphatic carbocycles. The number of hydrogen-bond donors (Lipinski definition) is 0. The maximum atomic E-state index is 9.76. The van der Waals surface area contributed by atoms with Gasteiger partial charge in [-0.25, -0.2) is 0 Å². The highest BCUT2D eigenvalue weighted by atomic mass is 16.3. The van der Waals surface area contributed by atoms with Crippen molar-refractivity contribution in [3.05, 3.63) is 236 Å². The van der Waals surface area contributed by atoms with E-state index < -0.39 is 0 Å². The van der Waals surface area contributed by atoms with Crippen LogP contribution in [0, 0.1) is 0 Å². The summed E-state index contributed by atoms with van der Waals surface area (Å²) in [5.41, 5.74) is 10.0. The Hall–Kier alpha value is -8.20. The highest BCUT2D eigenvalue weighted by Gasteiger charge is 2.19. The molecule has 1 heterocycles. The Morgan fingerprint density at radius 3 is 1.52 bits per heavy atom. The lowest BCUT2D eigenvalue weighted by Crippen LogP contribution is -2.11. The van der Waals surface area contributed by atoms with Gasteiger partial charge in [-0.15, -0.1) is 0 Å². The van der Waals surface area contributed by atoms with Crippen LogP contribution in [0.25, 0.3) is 98.8 Å². The molecule has 0 spiro atoms. The molecule has 0 saturated carbocycles. The van der Waals surface area contributed by atoms with Crippen LogP contribution in [0.2, 0.25) is 0 Å². The van der Waals surface area contributed by atoms with Gasteiger partial charge in [-0.05, 0) is 114 Å². The Bertz CT molecular complexity index is 3830. The summed E-state index contributed by atoms with van der Waals surface area (Å²) in [5.74, 6) is 0. The van der Waals surface area contributed by atoms with E-state index in [1.807, 2.05) is 114 Å². The van der Waals surface area contributed by atoms with E-state index in [-0.39, 0.29) is 35.4 Å². The summed E-state index contributed by atoms with van der Waals surface area (Å²) in [5, 5.41) is 8.74. The zero-order chi connectivity index (χ0) is 44.5. The molecule has 12 rings (SSSR count). The molecule has 0 N–H and O–H groups in total. The third kappa shape index (κ3) is 6.12. The lowest BCUT2D eigenvalue weighted by molar-refractivity contribution is 0.672. The molecular weight excluding hydrogens is 751 g/mol. The van der Waals surface area contributed by atoms with E-state index in [0.717, 1.165) is 87.6 Å². The van der Waals surface area contributed by atoms with Crippen molar-refractivity contribution in [3.8, 4) is 44.5 Å². The maximum absolute atomic E-state index is 9.76. The molecule has 0 saturated heterocycles. The van der Waals surface area contributed by atoms with Gasteiger partial charge in [0.25, 0.3) is 0 Å². The van der Waals surface area contributed by atoms with Crippen LogP contribution in [0.4, 0.5) is 17.1 Å². The van der Waals surface area contributed by atoms with E-state index in [4.69, 9.17) is 4.42 Å². The van der Waals surface area contributed by atoms with Crippen molar-refractivity contribution in [1.29, 1.82) is 0 Å². The summed E-state index contributed by atoms with van der Waals surface area (Å²) >= 11 is 0. The van der Waals surface area contributed by atoms with Crippen molar-refractivity contribution >= 4 is 71.3 Å². The standard InChI is InChI=1S/C60H39NO/c1-4-16-50-42(11-1)14-9-20-52(50)45-25-23-40(24-26-45)41-27-33-48(34-28-41)61(49-35-29-46(30-36-49)53-21-10-15-43-12-2-5-17-51(43)53)58-22-8-7-18-54(58)47-32-38-59-57(39-47)56-37-31-44-13-3-6-19-55(44)60(56)62-59/h1-39H/i27D,28D,33D,34D. The van der Waals surface area contributed by atoms with E-state index in [9.17, 15) is 5.48 Å². The van der Waals surface area contributed by atoms with Crippen molar-refractivity contribution in [3.63, 3.8) is 0 Å². The Labute approximate surface area is 365 Å². The van der Waals surface area contributed by atoms with Crippen molar-refractivity contribution in [2.24, 2.45) is 0 Å². The van der Waals surface area contributed by atoms with Gasteiger partial charge in [0, 0.05) is 33.1 Å². The molecule has 12 aromatic rings. The van der Waals surface area contributed by atoms with Gasteiger partial charge < -0.3 is 9.32 Å². The fraction of sp³-hybridized carbons (Fsp3) is 0. The lowest BCUT2D eigenvalue weighted by atomic mass is 9.96. The second-order valence-corrected chi connectivity index (χ2v) is 15.7. The zero-order valence-corrected chi connectivity index (χ0v) is 33.6. The van der Waals surface area contributed by atoms with Gasteiger partial charge in [0.05, 0.1) is 11.2 Å². The molecule has 0 aliphatic rings. The molecule has 62 heavy (non-hydrogen) atoms. The highest BCUT2D eigenvalue weighted by Crippen LogP contribution is 2.44. The first kappa shape index (κ1) is 31.7. The SMILES string of the molecule is [2H]c1c([2H])c(N(c2ccc(-c3cccc4ccccc34)cc2)c2ccccc2-c2ccc3oc4c5ccccc5ccc4c3c2)c([2H])c([2H])c1-c1ccc(-c2cccc3ccccc23)cc1. The molecule has 0 amide bonds. The van der Waals surface area contributed by atoms with Crippen molar-refractivity contribution in [2.75, 3.05) is 4.90 Å². The fourth-order valence-corrected chi connectivity index (χ4v) is 9.10. The maximum Gasteiger partial charge on any atom is 0.143 e. The Morgan fingerprint density at radius 1 is 0.323 bits per heavy atom. The number of nitrogens with zero attached hydrogens (tertiary/aromatic N) is 1. The van der Waals surface area contributed by atoms with Crippen LogP contribution in [-0.2, 0) is 0 Å². The third-order valence-corrected chi connectivity index (χ3v) is 12.2. The van der Waals surface area contributed by atoms with Crippen LogP contribution >= 0.6 is 0 Å². The van der Waals surface area contributed by atoms with Crippen LogP contribution in [0.5, 0.6) is 0 Å². The molecule has 0 aliphatic heterocycles. The molecular formula is C60H39NO. The molecule has 1 aromatic heterocycles. The average molecular weight is 794 g/mol. The molecule has 0 bridgehead atoms. The van der Waals surface area contributed by atoms with Crippen LogP contribution < -0.4 is 4.90 Å². The minimum Gasteiger partial charge on any atom is -0.455 e. The van der Waals surface area contributed by atoms with Gasteiger partial charge >= 0.3 is 0 Å². The molecule has 11 aromatic carbocycles. The number of furan rings is 1. The van der Waals surface area contributed by atoms with E-state index in [1.54, 1.807) is 0 Å². The Kier molecular flexibility index (Phi) is 7.57. The highest BCUT2D eigenvalue weighted by molar-refractivity contribution is 6.15. The normalized spacial score (nSPS) is 12.5. The lowest BCUT2D eigenvalue weighted by Gasteiger charge is -2.28. The van der Waals surface area contributed by atoms with Crippen LogP contribution in [-0.4, -0.2) is 0 Å². The topological polar surface area (TPSA) is 16.4 Å². The van der Waals surface area contributed by atoms with E-state index in [2.05, 4.69) is 103 Å². The second-order valence-electron chi connectivity index (χ2n) is 15.7. The predicted molar refractivity (Wildman–Crippen MR) is 263 cm³/mol. The van der Waals surface area contributed by atoms with E-state index in [1.165, 1.54) is 0 Å². The first-order valence-electron chi connectivity index (χ1n) is 22.9. The summed E-state index contributed by atoms with van der Waals surface area (Å²) in [6, 6.07) is 71.3. The first-order valence-corrected chi connectivity index (χ1v) is 20.9. The van der Waals surface area contributed by atoms with Crippen molar-refractivity contribution in [1.82, 2.24) is 0 Å². The molecule has 290 valence electrons. The third-order valence-electron chi connectivity index (χ3n) is 12.2. The summed E-state index contributed by atoms with van der Waals surface area (Å²) in [4.78, 5) is 1.89. The average Bonchev–Trinajstić information content (AvgIpc) is 3.76. The van der Waals surface area contributed by atoms with Gasteiger partial charge in [0.1, 0.15) is 11.2 Å². The predicted octanol–water partition coefficient (Wildman–Crippen LogP) is 17.2. The minimum absolute atomic E-state index is 0.114. The quantitative estimate of drug-likeness (QED) is 0.160. The van der Waals surface area contributed by atoms with Crippen molar-refractivity contribution < 1.29 is 9.90 Å². The summed E-state index contributed by atoms with van der Waals surface area (Å²) in [6.45, 7) is 0. The molecule has 0 radical (unpaired) electrons. The Morgan fingerprint density at radius 2 is 0.839 bits per heavy atom. The second kappa shape index (κ2) is 14.8. The Balaban J connectivity index is 1.02. The monoisotopic (exact) mass is 793 g/mol. The summed E-state index contributed by atoms with van der Waals surface area (Å²) in [6.07, 6.45) is 0. The fourth-order valence-electron chi connectivity index (χ4n) is 9.10. The van der Waals surface area contributed by atoms with Crippen LogP contribution in [0.3, 0.4) is 0 Å². The molecule has 0 atom stereocenters. The number of rotatable bonds is 7. The minimum atomic E-state index is -0.139. The van der Waals surface area contributed by atoms with Crippen molar-refractivity contribution in [2.45, 2.75) is 0 Å². The van der Waals surface area contributed by atoms with Gasteiger partial charge in [0.15, 0.2) is 0 Å². The van der Waals surface area contributed by atoms with Gasteiger partial charge in [0.2, 0.25) is 0 Å². The number of anilines is 3. The van der Waals surface area contributed by atoms with Gasteiger partial charge in [-0.3, -0.25) is 0 Å². The first-order chi connectivity index (χ1) is 32.4. The van der Waals surface area contributed by atoms with Crippen LogP contribution in [0.15, 0.2) is 241 Å². The number of benzene rings is 11. The number of para-hydroxylation sites is 1. The smallest absolute Gasteiger partial charge is 0.143 e. The largest absolute Gasteiger partial charge is 0.455 e. The molecule has 2 nitrogen and oxygen atoms in total. The number of fused-ring (bicyclic) bond motifs is 7. The van der Waals surface area contributed by atoms with E-state index in [0.29, 0.717) is 16.9 Å². The van der Waals surface area contributed by atoms with Gasteiger partial charge in [-0.2, -0.15) is 0 Å². The zero-order valence-electron chi connectivity index (χ0n) is 37.6. The molecule has 2 heteroatoms. The summed E-state index contributed by atoms with van der Waals surface area (Å²) < 4.78 is 45.2. The molecule has 0 unspecified atom stereocenters. The summed E-state index contributed by atoms with van der Waals surface area (Å²) in [7, 11) is 0. The molecule has 0 fully saturated rings.